The summed E-state index contributed by atoms with van der Waals surface area (Å²) in [6.45, 7) is 2.04. The summed E-state index contributed by atoms with van der Waals surface area (Å²) in [4.78, 5) is 17.3. The van der Waals surface area contributed by atoms with Gasteiger partial charge in [-0.1, -0.05) is 32.3 Å². The van der Waals surface area contributed by atoms with Gasteiger partial charge in [-0.25, -0.2) is 4.98 Å². The number of aromatic hydroxyl groups is 1. The number of anilines is 1. The van der Waals surface area contributed by atoms with Crippen LogP contribution in [0.25, 0.3) is 10.9 Å². The first kappa shape index (κ1) is 21.4. The quantitative estimate of drug-likeness (QED) is 0.439. The van der Waals surface area contributed by atoms with Gasteiger partial charge in [-0.2, -0.15) is 0 Å². The van der Waals surface area contributed by atoms with Crippen LogP contribution in [-0.2, 0) is 11.2 Å². The van der Waals surface area contributed by atoms with E-state index in [0.717, 1.165) is 23.7 Å². The van der Waals surface area contributed by atoms with E-state index in [1.54, 1.807) is 42.3 Å². The van der Waals surface area contributed by atoms with E-state index in [-0.39, 0.29) is 12.3 Å². The number of unbranched alkanes of at least 4 members (excludes halogenated alkanes) is 3. The van der Waals surface area contributed by atoms with E-state index >= 15 is 0 Å². The number of hydrogen-bond donors (Lipinski definition) is 2. The zero-order valence-corrected chi connectivity index (χ0v) is 17.5. The summed E-state index contributed by atoms with van der Waals surface area (Å²) in [7, 11) is 1.69. The Morgan fingerprint density at radius 3 is 2.53 bits per heavy atom. The molecule has 0 saturated heterocycles. The Morgan fingerprint density at radius 2 is 1.83 bits per heavy atom. The van der Waals surface area contributed by atoms with Crippen LogP contribution in [0.15, 0.2) is 48.5 Å². The second-order valence-corrected chi connectivity index (χ2v) is 7.49. The van der Waals surface area contributed by atoms with Gasteiger partial charge in [-0.05, 0) is 54.8 Å². The molecule has 6 nitrogen and oxygen atoms in total. The average Bonchev–Trinajstić information content (AvgIpc) is 2.72. The Labute approximate surface area is 176 Å². The molecule has 158 valence electrons. The first-order chi connectivity index (χ1) is 14.5. The van der Waals surface area contributed by atoms with Gasteiger partial charge in [0.2, 0.25) is 0 Å². The third kappa shape index (κ3) is 5.63. The molecule has 3 rings (SSSR count). The molecule has 0 saturated carbocycles. The number of pyridine rings is 1. The first-order valence-electron chi connectivity index (χ1n) is 10.3. The summed E-state index contributed by atoms with van der Waals surface area (Å²) >= 11 is 0. The van der Waals surface area contributed by atoms with Gasteiger partial charge in [0, 0.05) is 18.5 Å². The minimum atomic E-state index is -0.928. The Balaban J connectivity index is 1.97. The SMILES string of the molecule is CCCCCCc1ccc2nc(N(C)CC(=O)O)cc(Oc3ccc(O)cc3)c2c1. The second-order valence-electron chi connectivity index (χ2n) is 7.49. The van der Waals surface area contributed by atoms with E-state index in [4.69, 9.17) is 9.84 Å². The lowest BCUT2D eigenvalue weighted by Crippen LogP contribution is -2.25. The van der Waals surface area contributed by atoms with Crippen molar-refractivity contribution in [2.75, 3.05) is 18.5 Å². The van der Waals surface area contributed by atoms with E-state index in [1.807, 2.05) is 6.07 Å². The molecule has 0 atom stereocenters. The van der Waals surface area contributed by atoms with Crippen molar-refractivity contribution < 1.29 is 19.7 Å². The minimum Gasteiger partial charge on any atom is -0.508 e. The number of aliphatic carboxylic acids is 1. The van der Waals surface area contributed by atoms with E-state index in [0.29, 0.717) is 17.3 Å². The number of carboxylic acids is 1. The maximum Gasteiger partial charge on any atom is 0.323 e. The fourth-order valence-electron chi connectivity index (χ4n) is 3.35. The molecule has 0 aliphatic carbocycles. The Hall–Kier alpha value is -3.28. The highest BCUT2D eigenvalue weighted by molar-refractivity contribution is 5.88. The smallest absolute Gasteiger partial charge is 0.323 e. The van der Waals surface area contributed by atoms with Crippen molar-refractivity contribution in [1.82, 2.24) is 4.98 Å². The van der Waals surface area contributed by atoms with Gasteiger partial charge in [0.25, 0.3) is 0 Å². The fraction of sp³-hybridized carbons (Fsp3) is 0.333. The molecule has 0 unspecified atom stereocenters. The molecule has 1 aromatic heterocycles. The predicted molar refractivity (Wildman–Crippen MR) is 119 cm³/mol. The number of likely N-dealkylation sites (N-methyl/N-ethyl adjacent to an activating group) is 1. The van der Waals surface area contributed by atoms with Gasteiger partial charge in [-0.15, -0.1) is 0 Å². The molecule has 0 radical (unpaired) electrons. The van der Waals surface area contributed by atoms with Gasteiger partial charge < -0.3 is 19.8 Å². The predicted octanol–water partition coefficient (Wildman–Crippen LogP) is 5.38. The Bertz CT molecular complexity index is 1000. The monoisotopic (exact) mass is 408 g/mol. The van der Waals surface area contributed by atoms with Crippen LogP contribution in [-0.4, -0.2) is 34.8 Å². The molecule has 0 bridgehead atoms. The Morgan fingerprint density at radius 1 is 1.07 bits per heavy atom. The lowest BCUT2D eigenvalue weighted by molar-refractivity contribution is -0.135. The van der Waals surface area contributed by atoms with Crippen molar-refractivity contribution in [1.29, 1.82) is 0 Å². The van der Waals surface area contributed by atoms with Crippen LogP contribution in [0.5, 0.6) is 17.2 Å². The lowest BCUT2D eigenvalue weighted by Gasteiger charge is -2.18. The number of benzene rings is 2. The number of carboxylic acid groups (broad SMARTS) is 1. The van der Waals surface area contributed by atoms with E-state index < -0.39 is 5.97 Å². The number of phenolic OH excluding ortho intramolecular Hbond substituents is 1. The molecule has 0 aliphatic rings. The van der Waals surface area contributed by atoms with Crippen molar-refractivity contribution in [3.63, 3.8) is 0 Å². The molecular weight excluding hydrogens is 380 g/mol. The topological polar surface area (TPSA) is 82.9 Å². The van der Waals surface area contributed by atoms with Crippen molar-refractivity contribution in [3.8, 4) is 17.2 Å². The molecule has 30 heavy (non-hydrogen) atoms. The number of carbonyl (C=O) groups is 1. The maximum atomic E-state index is 11.1. The summed E-state index contributed by atoms with van der Waals surface area (Å²) in [6.07, 6.45) is 5.79. The number of phenols is 1. The number of aromatic nitrogens is 1. The Kier molecular flexibility index (Phi) is 7.12. The zero-order valence-electron chi connectivity index (χ0n) is 17.5. The van der Waals surface area contributed by atoms with E-state index in [1.165, 1.54) is 24.8 Å². The molecule has 0 fully saturated rings. The first-order valence-corrected chi connectivity index (χ1v) is 10.3. The summed E-state index contributed by atoms with van der Waals surface area (Å²) in [6, 6.07) is 14.4. The average molecular weight is 408 g/mol. The minimum absolute atomic E-state index is 0.160. The lowest BCUT2D eigenvalue weighted by atomic mass is 10.0. The summed E-state index contributed by atoms with van der Waals surface area (Å²) in [5.74, 6) is 0.948. The third-order valence-electron chi connectivity index (χ3n) is 4.97. The molecule has 6 heteroatoms. The number of fused-ring (bicyclic) bond motifs is 1. The van der Waals surface area contributed by atoms with Gasteiger partial charge in [0.1, 0.15) is 29.6 Å². The van der Waals surface area contributed by atoms with Crippen molar-refractivity contribution in [2.45, 2.75) is 39.0 Å². The van der Waals surface area contributed by atoms with Gasteiger partial charge in [0.05, 0.1) is 5.52 Å². The number of rotatable bonds is 10. The number of hydrogen-bond acceptors (Lipinski definition) is 5. The van der Waals surface area contributed by atoms with Crippen molar-refractivity contribution in [3.05, 3.63) is 54.1 Å². The second kappa shape index (κ2) is 9.96. The van der Waals surface area contributed by atoms with Crippen LogP contribution < -0.4 is 9.64 Å². The van der Waals surface area contributed by atoms with Crippen LogP contribution in [0.1, 0.15) is 38.2 Å². The van der Waals surface area contributed by atoms with Crippen molar-refractivity contribution in [2.24, 2.45) is 0 Å². The molecule has 0 amide bonds. The maximum absolute atomic E-state index is 11.1. The van der Waals surface area contributed by atoms with Gasteiger partial charge in [0.15, 0.2) is 0 Å². The third-order valence-corrected chi connectivity index (χ3v) is 4.97. The number of nitrogens with zero attached hydrogens (tertiary/aromatic N) is 2. The fourth-order valence-corrected chi connectivity index (χ4v) is 3.35. The van der Waals surface area contributed by atoms with E-state index in [2.05, 4.69) is 24.0 Å². The van der Waals surface area contributed by atoms with Crippen LogP contribution in [0.4, 0.5) is 5.82 Å². The van der Waals surface area contributed by atoms with Crippen LogP contribution in [0.3, 0.4) is 0 Å². The number of ether oxygens (including phenoxy) is 1. The van der Waals surface area contributed by atoms with Gasteiger partial charge in [-0.3, -0.25) is 4.79 Å². The van der Waals surface area contributed by atoms with E-state index in [9.17, 15) is 9.90 Å². The molecule has 3 aromatic rings. The highest BCUT2D eigenvalue weighted by atomic mass is 16.5. The van der Waals surface area contributed by atoms with Gasteiger partial charge >= 0.3 is 5.97 Å². The molecular formula is C24H28N2O4. The normalized spacial score (nSPS) is 10.9. The molecule has 0 aliphatic heterocycles. The molecule has 0 spiro atoms. The molecule has 2 N–H and O–H groups in total. The summed E-state index contributed by atoms with van der Waals surface area (Å²) in [5, 5.41) is 19.5. The highest BCUT2D eigenvalue weighted by Gasteiger charge is 2.14. The molecule has 2 aromatic carbocycles. The summed E-state index contributed by atoms with van der Waals surface area (Å²) in [5.41, 5.74) is 1.97. The largest absolute Gasteiger partial charge is 0.508 e. The van der Waals surface area contributed by atoms with Crippen LogP contribution in [0.2, 0.25) is 0 Å². The number of aryl methyl sites for hydroxylation is 1. The highest BCUT2D eigenvalue weighted by Crippen LogP contribution is 2.34. The zero-order chi connectivity index (χ0) is 21.5. The van der Waals surface area contributed by atoms with Crippen molar-refractivity contribution >= 4 is 22.7 Å². The van der Waals surface area contributed by atoms with Crippen LogP contribution in [0, 0.1) is 0 Å². The molecule has 1 heterocycles. The summed E-state index contributed by atoms with van der Waals surface area (Å²) < 4.78 is 6.12. The standard InChI is InChI=1S/C24H28N2O4/c1-3-4-5-6-7-17-8-13-21-20(14-17)22(30-19-11-9-18(27)10-12-19)15-23(25-21)26(2)16-24(28)29/h8-15,27H,3-7,16H2,1-2H3,(H,28,29). The van der Waals surface area contributed by atoms with Crippen LogP contribution >= 0.6 is 0 Å².